The molecule has 4 nitrogen and oxygen atoms in total. The molecule has 0 bridgehead atoms. The molecule has 1 fully saturated rings. The van der Waals surface area contributed by atoms with Crippen molar-refractivity contribution in [3.8, 4) is 0 Å². The Kier molecular flexibility index (Phi) is 3.47. The van der Waals surface area contributed by atoms with Gasteiger partial charge in [-0.15, -0.1) is 0 Å². The lowest BCUT2D eigenvalue weighted by atomic mass is 10.0. The third kappa shape index (κ3) is 2.54. The van der Waals surface area contributed by atoms with Crippen LogP contribution < -0.4 is 0 Å². The molecule has 21 heavy (non-hydrogen) atoms. The molecule has 2 aromatic rings. The zero-order valence-electron chi connectivity index (χ0n) is 11.0. The van der Waals surface area contributed by atoms with Gasteiger partial charge in [-0.05, 0) is 29.8 Å². The molecule has 1 aliphatic carbocycles. The van der Waals surface area contributed by atoms with Crippen molar-refractivity contribution in [2.24, 2.45) is 5.92 Å². The van der Waals surface area contributed by atoms with E-state index in [4.69, 9.17) is 11.6 Å². The van der Waals surface area contributed by atoms with Gasteiger partial charge in [0.05, 0.1) is 5.92 Å². The largest absolute Gasteiger partial charge is 0.294 e. The first-order valence-corrected chi connectivity index (χ1v) is 6.95. The van der Waals surface area contributed by atoms with Gasteiger partial charge in [0.15, 0.2) is 5.78 Å². The van der Waals surface area contributed by atoms with Gasteiger partial charge >= 0.3 is 0 Å². The summed E-state index contributed by atoms with van der Waals surface area (Å²) in [5.74, 6) is -1.13. The van der Waals surface area contributed by atoms with Crippen molar-refractivity contribution in [2.75, 3.05) is 0 Å². The van der Waals surface area contributed by atoms with Gasteiger partial charge in [0.25, 0.3) is 0 Å². The molecule has 3 unspecified atom stereocenters. The maximum absolute atomic E-state index is 12.5. The van der Waals surface area contributed by atoms with E-state index in [-0.39, 0.29) is 16.6 Å². The lowest BCUT2D eigenvalue weighted by Crippen LogP contribution is -2.10. The Balaban J connectivity index is 1.88. The molecular formula is C16H12ClNO3. The summed E-state index contributed by atoms with van der Waals surface area (Å²) in [4.78, 5) is 23.3. The van der Waals surface area contributed by atoms with Gasteiger partial charge in [0, 0.05) is 15.5 Å². The average molecular weight is 302 g/mol. The van der Waals surface area contributed by atoms with Crippen LogP contribution >= 0.6 is 11.6 Å². The molecule has 1 aliphatic rings. The minimum absolute atomic E-state index is 0.192. The Hall–Kier alpha value is -2.20. The molecule has 3 rings (SSSR count). The first-order valence-electron chi connectivity index (χ1n) is 6.58. The molecule has 5 heteroatoms. The van der Waals surface area contributed by atoms with Crippen LogP contribution in [0, 0.1) is 16.0 Å². The van der Waals surface area contributed by atoms with Gasteiger partial charge in [-0.2, -0.15) is 0 Å². The number of rotatable bonds is 4. The van der Waals surface area contributed by atoms with E-state index >= 15 is 0 Å². The van der Waals surface area contributed by atoms with Gasteiger partial charge in [-0.25, -0.2) is 0 Å². The number of carbonyl (C=O) groups is 1. The van der Waals surface area contributed by atoms with Crippen LogP contribution in [0.4, 0.5) is 0 Å². The van der Waals surface area contributed by atoms with Crippen LogP contribution in [-0.4, -0.2) is 16.7 Å². The molecule has 0 spiro atoms. The first-order chi connectivity index (χ1) is 10.1. The van der Waals surface area contributed by atoms with E-state index in [1.165, 1.54) is 0 Å². The van der Waals surface area contributed by atoms with Crippen molar-refractivity contribution in [1.29, 1.82) is 0 Å². The predicted molar refractivity (Wildman–Crippen MR) is 79.2 cm³/mol. The van der Waals surface area contributed by atoms with Gasteiger partial charge < -0.3 is 0 Å². The first kappa shape index (κ1) is 13.8. The quantitative estimate of drug-likeness (QED) is 0.492. The third-order valence-corrected chi connectivity index (χ3v) is 4.09. The van der Waals surface area contributed by atoms with Crippen molar-refractivity contribution in [3.63, 3.8) is 0 Å². The van der Waals surface area contributed by atoms with Gasteiger partial charge in [-0.1, -0.05) is 41.9 Å². The Morgan fingerprint density at radius 2 is 1.67 bits per heavy atom. The number of hydrogen-bond donors (Lipinski definition) is 0. The molecule has 3 atom stereocenters. The Labute approximate surface area is 126 Å². The van der Waals surface area contributed by atoms with Crippen LogP contribution in [0.15, 0.2) is 54.6 Å². The monoisotopic (exact) mass is 301 g/mol. The summed E-state index contributed by atoms with van der Waals surface area (Å²) in [7, 11) is 0. The number of ketones is 1. The maximum Gasteiger partial charge on any atom is 0.231 e. The van der Waals surface area contributed by atoms with Crippen molar-refractivity contribution >= 4 is 17.4 Å². The molecule has 0 amide bonds. The van der Waals surface area contributed by atoms with Crippen molar-refractivity contribution < 1.29 is 9.72 Å². The Bertz CT molecular complexity index is 684. The maximum atomic E-state index is 12.5. The summed E-state index contributed by atoms with van der Waals surface area (Å²) >= 11 is 5.80. The topological polar surface area (TPSA) is 60.2 Å². The number of hydrogen-bond acceptors (Lipinski definition) is 3. The molecule has 2 aromatic carbocycles. The number of Topliss-reactive ketones (excluding diaryl/α,β-unsaturated/α-hetero) is 1. The van der Waals surface area contributed by atoms with E-state index in [1.54, 1.807) is 24.3 Å². The van der Waals surface area contributed by atoms with E-state index in [0.717, 1.165) is 5.56 Å². The molecule has 0 saturated heterocycles. The van der Waals surface area contributed by atoms with Gasteiger partial charge in [-0.3, -0.25) is 14.9 Å². The van der Waals surface area contributed by atoms with E-state index in [0.29, 0.717) is 10.6 Å². The SMILES string of the molecule is O=C(c1ccc(Cl)cc1)C1C(c2ccccc2)C1[N+](=O)[O-]. The van der Waals surface area contributed by atoms with Crippen molar-refractivity contribution in [3.05, 3.63) is 80.9 Å². The molecular weight excluding hydrogens is 290 g/mol. The van der Waals surface area contributed by atoms with Gasteiger partial charge in [0.1, 0.15) is 5.92 Å². The molecule has 0 radical (unpaired) electrons. The minimum Gasteiger partial charge on any atom is -0.294 e. The highest BCUT2D eigenvalue weighted by molar-refractivity contribution is 6.30. The highest BCUT2D eigenvalue weighted by atomic mass is 35.5. The molecule has 0 aromatic heterocycles. The summed E-state index contributed by atoms with van der Waals surface area (Å²) in [6.07, 6.45) is 0. The van der Waals surface area contributed by atoms with Crippen molar-refractivity contribution in [1.82, 2.24) is 0 Å². The number of nitrogens with zero attached hydrogens (tertiary/aromatic N) is 1. The van der Waals surface area contributed by atoms with E-state index in [1.807, 2.05) is 30.3 Å². The second-order valence-corrected chi connectivity index (χ2v) is 5.55. The summed E-state index contributed by atoms with van der Waals surface area (Å²) in [5, 5.41) is 11.7. The van der Waals surface area contributed by atoms with Crippen LogP contribution in [0.5, 0.6) is 0 Å². The van der Waals surface area contributed by atoms with E-state index < -0.39 is 12.0 Å². The molecule has 0 heterocycles. The fourth-order valence-corrected chi connectivity index (χ4v) is 2.89. The highest BCUT2D eigenvalue weighted by Crippen LogP contribution is 2.51. The smallest absolute Gasteiger partial charge is 0.231 e. The summed E-state index contributed by atoms with van der Waals surface area (Å²) < 4.78 is 0. The van der Waals surface area contributed by atoms with Crippen LogP contribution in [-0.2, 0) is 0 Å². The zero-order valence-corrected chi connectivity index (χ0v) is 11.7. The average Bonchev–Trinajstić information content (AvgIpc) is 3.24. The van der Waals surface area contributed by atoms with E-state index in [2.05, 4.69) is 0 Å². The van der Waals surface area contributed by atoms with Crippen LogP contribution in [0.2, 0.25) is 5.02 Å². The number of halogens is 1. The highest BCUT2D eigenvalue weighted by Gasteiger charge is 2.64. The molecule has 106 valence electrons. The second kappa shape index (κ2) is 5.30. The lowest BCUT2D eigenvalue weighted by molar-refractivity contribution is -0.498. The van der Waals surface area contributed by atoms with E-state index in [9.17, 15) is 14.9 Å². The summed E-state index contributed by atoms with van der Waals surface area (Å²) in [5.41, 5.74) is 1.31. The molecule has 0 aliphatic heterocycles. The Morgan fingerprint density at radius 3 is 2.24 bits per heavy atom. The number of benzene rings is 2. The Morgan fingerprint density at radius 1 is 1.05 bits per heavy atom. The third-order valence-electron chi connectivity index (χ3n) is 3.84. The fourth-order valence-electron chi connectivity index (χ4n) is 2.76. The minimum atomic E-state index is -0.837. The molecule has 0 N–H and O–H groups in total. The number of carbonyl (C=O) groups excluding carboxylic acids is 1. The van der Waals surface area contributed by atoms with Crippen LogP contribution in [0.25, 0.3) is 0 Å². The van der Waals surface area contributed by atoms with Gasteiger partial charge in [0.2, 0.25) is 6.04 Å². The van der Waals surface area contributed by atoms with Crippen molar-refractivity contribution in [2.45, 2.75) is 12.0 Å². The van der Waals surface area contributed by atoms with Crippen LogP contribution in [0.3, 0.4) is 0 Å². The number of nitro groups is 1. The summed E-state index contributed by atoms with van der Waals surface area (Å²) in [6.45, 7) is 0. The normalized spacial score (nSPS) is 23.6. The zero-order chi connectivity index (χ0) is 15.0. The summed E-state index contributed by atoms with van der Waals surface area (Å²) in [6, 6.07) is 14.8. The molecule has 1 saturated carbocycles. The predicted octanol–water partition coefficient (Wildman–Crippen LogP) is 3.58. The standard InChI is InChI=1S/C16H12ClNO3/c17-12-8-6-11(7-9-12)16(19)14-13(15(14)18(20)21)10-4-2-1-3-5-10/h1-9,13-15H. The lowest BCUT2D eigenvalue weighted by Gasteiger charge is -1.99. The van der Waals surface area contributed by atoms with Crippen LogP contribution in [0.1, 0.15) is 21.8 Å². The fraction of sp³-hybridized carbons (Fsp3) is 0.188. The second-order valence-electron chi connectivity index (χ2n) is 5.11.